The highest BCUT2D eigenvalue weighted by atomic mass is 16.4. The number of carboxylic acids is 1. The van der Waals surface area contributed by atoms with E-state index in [1.807, 2.05) is 24.3 Å². The maximum absolute atomic E-state index is 12.3. The van der Waals surface area contributed by atoms with Crippen LogP contribution in [-0.4, -0.2) is 31.9 Å². The predicted octanol–water partition coefficient (Wildman–Crippen LogP) is 3.59. The minimum absolute atomic E-state index is 0.124. The average Bonchev–Trinajstić information content (AvgIpc) is 2.78. The molecule has 2 heterocycles. The van der Waals surface area contributed by atoms with Crippen molar-refractivity contribution in [3.8, 4) is 0 Å². The van der Waals surface area contributed by atoms with Gasteiger partial charge in [-0.05, 0) is 42.0 Å². The Morgan fingerprint density at radius 3 is 2.57 bits per heavy atom. The van der Waals surface area contributed by atoms with Gasteiger partial charge < -0.3 is 15.7 Å². The molecule has 3 N–H and O–H groups in total. The van der Waals surface area contributed by atoms with Crippen LogP contribution in [0.2, 0.25) is 0 Å². The Morgan fingerprint density at radius 1 is 0.967 bits per heavy atom. The highest BCUT2D eigenvalue weighted by Gasteiger charge is 2.12. The SMILES string of the molecule is O=C(Nc1cccc(CNc2ncnc3c(C(=O)O)cccc23)c1)c1ccncc1. The van der Waals surface area contributed by atoms with Gasteiger partial charge in [-0.25, -0.2) is 14.8 Å². The van der Waals surface area contributed by atoms with E-state index in [2.05, 4.69) is 25.6 Å². The lowest BCUT2D eigenvalue weighted by Gasteiger charge is -2.11. The van der Waals surface area contributed by atoms with Crippen molar-refractivity contribution in [3.63, 3.8) is 0 Å². The van der Waals surface area contributed by atoms with Gasteiger partial charge in [0, 0.05) is 35.6 Å². The first-order valence-corrected chi connectivity index (χ1v) is 9.13. The molecule has 0 aliphatic heterocycles. The van der Waals surface area contributed by atoms with Crippen LogP contribution in [0.3, 0.4) is 0 Å². The van der Waals surface area contributed by atoms with Gasteiger partial charge in [-0.2, -0.15) is 0 Å². The number of carboxylic acid groups (broad SMARTS) is 1. The van der Waals surface area contributed by atoms with Gasteiger partial charge in [0.2, 0.25) is 0 Å². The lowest BCUT2D eigenvalue weighted by molar-refractivity contribution is 0.0698. The number of pyridine rings is 1. The summed E-state index contributed by atoms with van der Waals surface area (Å²) in [5.74, 6) is -0.720. The van der Waals surface area contributed by atoms with Crippen molar-refractivity contribution in [2.45, 2.75) is 6.54 Å². The third kappa shape index (κ3) is 4.07. The van der Waals surface area contributed by atoms with Gasteiger partial charge in [0.25, 0.3) is 5.91 Å². The summed E-state index contributed by atoms with van der Waals surface area (Å²) in [6, 6.07) is 15.7. The maximum Gasteiger partial charge on any atom is 0.337 e. The minimum atomic E-state index is -1.04. The fourth-order valence-electron chi connectivity index (χ4n) is 3.05. The number of anilines is 2. The van der Waals surface area contributed by atoms with Gasteiger partial charge in [-0.1, -0.05) is 18.2 Å². The number of hydrogen-bond donors (Lipinski definition) is 3. The molecular formula is C22H17N5O3. The first-order valence-electron chi connectivity index (χ1n) is 9.13. The smallest absolute Gasteiger partial charge is 0.337 e. The molecule has 8 nitrogen and oxygen atoms in total. The zero-order chi connectivity index (χ0) is 20.9. The summed E-state index contributed by atoms with van der Waals surface area (Å²) in [4.78, 5) is 36.0. The number of rotatable bonds is 6. The molecule has 0 saturated carbocycles. The van der Waals surface area contributed by atoms with E-state index in [4.69, 9.17) is 0 Å². The van der Waals surface area contributed by atoms with Crippen LogP contribution in [0, 0.1) is 0 Å². The molecule has 0 unspecified atom stereocenters. The number of nitrogens with zero attached hydrogens (tertiary/aromatic N) is 3. The third-order valence-electron chi connectivity index (χ3n) is 4.48. The molecule has 0 atom stereocenters. The summed E-state index contributed by atoms with van der Waals surface area (Å²) in [7, 11) is 0. The molecular weight excluding hydrogens is 382 g/mol. The first-order chi connectivity index (χ1) is 14.6. The van der Waals surface area contributed by atoms with Crippen LogP contribution in [-0.2, 0) is 6.54 Å². The van der Waals surface area contributed by atoms with Gasteiger partial charge in [-0.3, -0.25) is 9.78 Å². The van der Waals surface area contributed by atoms with Crippen LogP contribution < -0.4 is 10.6 Å². The van der Waals surface area contributed by atoms with Crippen molar-refractivity contribution in [1.29, 1.82) is 0 Å². The Kier molecular flexibility index (Phi) is 5.29. The average molecular weight is 399 g/mol. The summed E-state index contributed by atoms with van der Waals surface area (Å²) >= 11 is 0. The van der Waals surface area contributed by atoms with E-state index in [1.54, 1.807) is 36.7 Å². The van der Waals surface area contributed by atoms with Crippen molar-refractivity contribution >= 4 is 34.3 Å². The Morgan fingerprint density at radius 2 is 1.77 bits per heavy atom. The number of carbonyl (C=O) groups is 2. The number of para-hydroxylation sites is 1. The van der Waals surface area contributed by atoms with Crippen LogP contribution in [0.4, 0.5) is 11.5 Å². The highest BCUT2D eigenvalue weighted by Crippen LogP contribution is 2.23. The van der Waals surface area contributed by atoms with E-state index in [-0.39, 0.29) is 11.5 Å². The molecule has 30 heavy (non-hydrogen) atoms. The van der Waals surface area contributed by atoms with Crippen molar-refractivity contribution < 1.29 is 14.7 Å². The fraction of sp³-hybridized carbons (Fsp3) is 0.0455. The number of hydrogen-bond acceptors (Lipinski definition) is 6. The molecule has 0 radical (unpaired) electrons. The molecule has 0 spiro atoms. The van der Waals surface area contributed by atoms with Crippen molar-refractivity contribution in [1.82, 2.24) is 15.0 Å². The number of carbonyl (C=O) groups excluding carboxylic acids is 1. The molecule has 0 aliphatic rings. The summed E-state index contributed by atoms with van der Waals surface area (Å²) in [6.07, 6.45) is 4.47. The quantitative estimate of drug-likeness (QED) is 0.453. The van der Waals surface area contributed by atoms with Crippen molar-refractivity contribution in [2.75, 3.05) is 10.6 Å². The molecule has 4 rings (SSSR count). The summed E-state index contributed by atoms with van der Waals surface area (Å²) in [5, 5.41) is 16.1. The van der Waals surface area contributed by atoms with Crippen LogP contribution in [0.1, 0.15) is 26.3 Å². The monoisotopic (exact) mass is 399 g/mol. The number of aromatic nitrogens is 3. The topological polar surface area (TPSA) is 117 Å². The third-order valence-corrected chi connectivity index (χ3v) is 4.48. The minimum Gasteiger partial charge on any atom is -0.478 e. The van der Waals surface area contributed by atoms with Gasteiger partial charge in [-0.15, -0.1) is 0 Å². The predicted molar refractivity (Wildman–Crippen MR) is 112 cm³/mol. The second-order valence-corrected chi connectivity index (χ2v) is 6.47. The van der Waals surface area contributed by atoms with E-state index < -0.39 is 5.97 Å². The molecule has 0 saturated heterocycles. The molecule has 2 aromatic carbocycles. The van der Waals surface area contributed by atoms with Crippen molar-refractivity contribution in [2.24, 2.45) is 0 Å². The van der Waals surface area contributed by atoms with E-state index in [1.165, 1.54) is 12.4 Å². The van der Waals surface area contributed by atoms with Gasteiger partial charge in [0.15, 0.2) is 0 Å². The molecule has 0 bridgehead atoms. The van der Waals surface area contributed by atoms with E-state index in [9.17, 15) is 14.7 Å². The largest absolute Gasteiger partial charge is 0.478 e. The number of benzene rings is 2. The maximum atomic E-state index is 12.3. The standard InChI is InChI=1S/C22H17N5O3/c28-21(15-7-9-23-10-8-15)27-16-4-1-3-14(11-16)12-24-20-17-5-2-6-18(22(29)30)19(17)25-13-26-20/h1-11,13H,12H2,(H,27,28)(H,29,30)(H,24,25,26). The number of fused-ring (bicyclic) bond motifs is 1. The number of aromatic carboxylic acids is 1. The second kappa shape index (κ2) is 8.36. The van der Waals surface area contributed by atoms with E-state index >= 15 is 0 Å². The van der Waals surface area contributed by atoms with Crippen molar-refractivity contribution in [3.05, 3.63) is 90.0 Å². The van der Waals surface area contributed by atoms with E-state index in [0.717, 1.165) is 5.56 Å². The van der Waals surface area contributed by atoms with Gasteiger partial charge in [0.05, 0.1) is 11.1 Å². The zero-order valence-corrected chi connectivity index (χ0v) is 15.7. The fourth-order valence-corrected chi connectivity index (χ4v) is 3.05. The molecule has 0 aliphatic carbocycles. The summed E-state index contributed by atoms with van der Waals surface area (Å²) < 4.78 is 0. The molecule has 148 valence electrons. The lowest BCUT2D eigenvalue weighted by atomic mass is 10.1. The molecule has 8 heteroatoms. The molecule has 4 aromatic rings. The zero-order valence-electron chi connectivity index (χ0n) is 15.7. The first kappa shape index (κ1) is 19.0. The second-order valence-electron chi connectivity index (χ2n) is 6.47. The Hall–Kier alpha value is -4.33. The highest BCUT2D eigenvalue weighted by molar-refractivity contribution is 6.05. The van der Waals surface area contributed by atoms with Gasteiger partial charge >= 0.3 is 5.97 Å². The van der Waals surface area contributed by atoms with Gasteiger partial charge in [0.1, 0.15) is 12.1 Å². The van der Waals surface area contributed by atoms with Crippen LogP contribution in [0.15, 0.2) is 73.3 Å². The Balaban J connectivity index is 1.51. The molecule has 0 fully saturated rings. The van der Waals surface area contributed by atoms with Crippen LogP contribution in [0.25, 0.3) is 10.9 Å². The summed E-state index contributed by atoms with van der Waals surface area (Å²) in [6.45, 7) is 0.433. The Labute approximate surface area is 171 Å². The normalized spacial score (nSPS) is 10.5. The summed E-state index contributed by atoms with van der Waals surface area (Å²) in [5.41, 5.74) is 2.61. The number of amides is 1. The lowest BCUT2D eigenvalue weighted by Crippen LogP contribution is -2.12. The molecule has 1 amide bonds. The van der Waals surface area contributed by atoms with Crippen LogP contribution >= 0.6 is 0 Å². The number of nitrogens with one attached hydrogen (secondary N) is 2. The van der Waals surface area contributed by atoms with Crippen LogP contribution in [0.5, 0.6) is 0 Å². The Bertz CT molecular complexity index is 1230. The molecule has 2 aromatic heterocycles. The van der Waals surface area contributed by atoms with E-state index in [0.29, 0.717) is 34.5 Å².